The molecule has 1 unspecified atom stereocenters. The maximum Gasteiger partial charge on any atom is 0.432 e. The van der Waals surface area contributed by atoms with Gasteiger partial charge < -0.3 is 10.1 Å². The SMILES string of the molecule is O=C(CCCCCCNC(=O)c1cc(I)cc(I)c1I)OC(C(F)(F)F)C(F)(F)S(=O)(=O)O. The van der Waals surface area contributed by atoms with Crippen LogP contribution in [0, 0.1) is 10.7 Å². The largest absolute Gasteiger partial charge is 0.445 e. The number of carbonyl (C=O) groups excluding carboxylic acids is 2. The Labute approximate surface area is 227 Å². The van der Waals surface area contributed by atoms with Gasteiger partial charge >= 0.3 is 27.5 Å². The molecular formula is C17H17F5I3NO6S. The van der Waals surface area contributed by atoms with E-state index in [2.05, 4.69) is 77.8 Å². The second-order valence-corrected chi connectivity index (χ2v) is 11.6. The Balaban J connectivity index is 2.43. The fourth-order valence-corrected chi connectivity index (χ4v) is 5.27. The summed E-state index contributed by atoms with van der Waals surface area (Å²) in [5.74, 6) is -1.95. The van der Waals surface area contributed by atoms with Crippen molar-refractivity contribution >= 4 is 89.8 Å². The number of carbonyl (C=O) groups is 2. The quantitative estimate of drug-likeness (QED) is 0.0800. The van der Waals surface area contributed by atoms with Gasteiger partial charge in [0.15, 0.2) is 0 Å². The van der Waals surface area contributed by atoms with Gasteiger partial charge in [0.2, 0.25) is 0 Å². The number of ether oxygens (including phenoxy) is 1. The van der Waals surface area contributed by atoms with E-state index < -0.39 is 40.0 Å². The van der Waals surface area contributed by atoms with Crippen LogP contribution in [-0.4, -0.2) is 48.9 Å². The summed E-state index contributed by atoms with van der Waals surface area (Å²) in [5.41, 5.74) is 0.524. The van der Waals surface area contributed by atoms with Gasteiger partial charge in [-0.05, 0) is 92.7 Å². The Morgan fingerprint density at radius 1 is 1.03 bits per heavy atom. The van der Waals surface area contributed by atoms with Crippen LogP contribution in [0.25, 0.3) is 0 Å². The molecule has 0 heterocycles. The van der Waals surface area contributed by atoms with Crippen LogP contribution in [0.5, 0.6) is 0 Å². The lowest BCUT2D eigenvalue weighted by Gasteiger charge is -2.26. The molecule has 0 spiro atoms. The number of nitrogens with one attached hydrogen (secondary N) is 1. The molecule has 0 aliphatic rings. The van der Waals surface area contributed by atoms with Gasteiger partial charge in [0, 0.05) is 23.7 Å². The number of amides is 1. The van der Waals surface area contributed by atoms with Crippen molar-refractivity contribution in [2.75, 3.05) is 6.54 Å². The Bertz CT molecular complexity index is 975. The molecule has 0 aliphatic carbocycles. The van der Waals surface area contributed by atoms with Gasteiger partial charge in [0.25, 0.3) is 12.0 Å². The van der Waals surface area contributed by atoms with Crippen LogP contribution in [0.1, 0.15) is 42.5 Å². The molecule has 33 heavy (non-hydrogen) atoms. The zero-order valence-corrected chi connectivity index (χ0v) is 23.7. The minimum Gasteiger partial charge on any atom is -0.445 e. The highest BCUT2D eigenvalue weighted by Crippen LogP contribution is 2.38. The molecule has 188 valence electrons. The van der Waals surface area contributed by atoms with Crippen LogP contribution >= 0.6 is 67.8 Å². The number of unbranched alkanes of at least 4 members (excludes halogenated alkanes) is 3. The highest BCUT2D eigenvalue weighted by molar-refractivity contribution is 14.1. The molecule has 0 aliphatic heterocycles. The number of hydrogen-bond donors (Lipinski definition) is 2. The summed E-state index contributed by atoms with van der Waals surface area (Å²) < 4.78 is 101. The number of esters is 1. The molecule has 1 amide bonds. The smallest absolute Gasteiger partial charge is 0.432 e. The minimum atomic E-state index is -6.47. The van der Waals surface area contributed by atoms with E-state index >= 15 is 0 Å². The molecule has 7 nitrogen and oxygen atoms in total. The first-order valence-corrected chi connectivity index (χ1v) is 13.7. The van der Waals surface area contributed by atoms with Crippen molar-refractivity contribution < 1.29 is 49.2 Å². The second-order valence-electron chi connectivity index (χ2n) is 6.62. The fraction of sp³-hybridized carbons (Fsp3) is 0.529. The first kappa shape index (κ1) is 30.9. The average Bonchev–Trinajstić information content (AvgIpc) is 2.66. The third-order valence-corrected chi connectivity index (χ3v) is 8.60. The van der Waals surface area contributed by atoms with E-state index in [0.29, 0.717) is 31.4 Å². The van der Waals surface area contributed by atoms with Crippen molar-refractivity contribution in [1.29, 1.82) is 0 Å². The maximum atomic E-state index is 13.4. The van der Waals surface area contributed by atoms with E-state index in [1.807, 2.05) is 6.07 Å². The fourth-order valence-electron chi connectivity index (χ4n) is 2.42. The summed E-state index contributed by atoms with van der Waals surface area (Å²) in [6, 6.07) is 3.66. The molecule has 0 saturated carbocycles. The standard InChI is InChI=1S/C17H17F5I3NO6S/c18-16(19,20)15(17(21,22)33(29,30)31)32-12(27)5-3-1-2-4-6-26-14(28)10-7-9(23)8-11(24)13(10)25/h7-8,15H,1-6H2,(H,26,28)(H,29,30,31). The second kappa shape index (κ2) is 12.7. The molecule has 1 aromatic rings. The first-order valence-electron chi connectivity index (χ1n) is 9.02. The number of alkyl halides is 5. The molecule has 16 heteroatoms. The summed E-state index contributed by atoms with van der Waals surface area (Å²) >= 11 is 6.28. The molecule has 1 rings (SSSR count). The predicted octanol–water partition coefficient (Wildman–Crippen LogP) is 5.14. The minimum absolute atomic E-state index is 0.0121. The highest BCUT2D eigenvalue weighted by Gasteiger charge is 2.65. The van der Waals surface area contributed by atoms with E-state index in [1.165, 1.54) is 0 Å². The topological polar surface area (TPSA) is 110 Å². The molecule has 0 bridgehead atoms. The van der Waals surface area contributed by atoms with Crippen molar-refractivity contribution in [2.45, 2.75) is 49.6 Å². The molecule has 1 aromatic carbocycles. The van der Waals surface area contributed by atoms with Crippen LogP contribution in [-0.2, 0) is 19.6 Å². The molecule has 0 aromatic heterocycles. The summed E-state index contributed by atoms with van der Waals surface area (Å²) in [6.45, 7) is 0.304. The summed E-state index contributed by atoms with van der Waals surface area (Å²) in [4.78, 5) is 23.8. The van der Waals surface area contributed by atoms with Gasteiger partial charge in [-0.3, -0.25) is 14.1 Å². The van der Waals surface area contributed by atoms with E-state index in [0.717, 1.165) is 10.7 Å². The Morgan fingerprint density at radius 3 is 2.15 bits per heavy atom. The third kappa shape index (κ3) is 9.47. The van der Waals surface area contributed by atoms with Crippen LogP contribution in [0.4, 0.5) is 22.0 Å². The number of hydrogen-bond acceptors (Lipinski definition) is 5. The Morgan fingerprint density at radius 2 is 1.61 bits per heavy atom. The van der Waals surface area contributed by atoms with Crippen LogP contribution in [0.3, 0.4) is 0 Å². The van der Waals surface area contributed by atoms with Gasteiger partial charge in [0.1, 0.15) is 0 Å². The van der Waals surface area contributed by atoms with Gasteiger partial charge in [0.05, 0.1) is 5.56 Å². The normalized spacial score (nSPS) is 13.5. The maximum absolute atomic E-state index is 13.4. The van der Waals surface area contributed by atoms with Gasteiger partial charge in [-0.25, -0.2) is 0 Å². The molecular weight excluding hydrogens is 822 g/mol. The zero-order valence-electron chi connectivity index (χ0n) is 16.4. The number of rotatable bonds is 11. The van der Waals surface area contributed by atoms with E-state index in [9.17, 15) is 40.0 Å². The van der Waals surface area contributed by atoms with E-state index in [4.69, 9.17) is 4.55 Å². The Kier molecular flexibility index (Phi) is 11.9. The third-order valence-electron chi connectivity index (χ3n) is 4.03. The van der Waals surface area contributed by atoms with Crippen LogP contribution < -0.4 is 5.32 Å². The monoisotopic (exact) mass is 839 g/mol. The summed E-state index contributed by atoms with van der Waals surface area (Å²) in [7, 11) is -6.47. The van der Waals surface area contributed by atoms with Gasteiger partial charge in [-0.15, -0.1) is 0 Å². The first-order chi connectivity index (χ1) is 15.0. The van der Waals surface area contributed by atoms with Crippen molar-refractivity contribution in [1.82, 2.24) is 5.32 Å². The van der Waals surface area contributed by atoms with Crippen molar-refractivity contribution in [3.8, 4) is 0 Å². The molecule has 0 radical (unpaired) electrons. The van der Waals surface area contributed by atoms with E-state index in [1.54, 1.807) is 6.07 Å². The Hall–Kier alpha value is -0.0900. The van der Waals surface area contributed by atoms with Gasteiger partial charge in [-0.2, -0.15) is 30.4 Å². The van der Waals surface area contributed by atoms with Crippen molar-refractivity contribution in [3.63, 3.8) is 0 Å². The number of halogens is 8. The highest BCUT2D eigenvalue weighted by atomic mass is 127. The van der Waals surface area contributed by atoms with Crippen LogP contribution in [0.15, 0.2) is 12.1 Å². The lowest BCUT2D eigenvalue weighted by Crippen LogP contribution is -2.52. The molecule has 0 saturated heterocycles. The van der Waals surface area contributed by atoms with E-state index in [-0.39, 0.29) is 12.3 Å². The molecule has 2 N–H and O–H groups in total. The lowest BCUT2D eigenvalue weighted by molar-refractivity contribution is -0.259. The van der Waals surface area contributed by atoms with Gasteiger partial charge in [-0.1, -0.05) is 12.8 Å². The summed E-state index contributed by atoms with van der Waals surface area (Å²) in [5, 5.41) is -3.01. The van der Waals surface area contributed by atoms with Crippen molar-refractivity contribution in [2.24, 2.45) is 0 Å². The average molecular weight is 839 g/mol. The lowest BCUT2D eigenvalue weighted by atomic mass is 10.1. The molecule has 0 fully saturated rings. The number of benzene rings is 1. The summed E-state index contributed by atoms with van der Waals surface area (Å²) in [6.07, 6.45) is -9.64. The molecule has 1 atom stereocenters. The zero-order chi connectivity index (χ0) is 25.6. The van der Waals surface area contributed by atoms with Crippen molar-refractivity contribution in [3.05, 3.63) is 28.4 Å². The van der Waals surface area contributed by atoms with Crippen LogP contribution in [0.2, 0.25) is 0 Å². The predicted molar refractivity (Wildman–Crippen MR) is 132 cm³/mol.